The molecule has 20 nitrogen and oxygen atoms in total. The molecule has 536 valence electrons. The van der Waals surface area contributed by atoms with E-state index < -0.39 is 0 Å². The minimum atomic E-state index is 0.0591. The molecule has 6 saturated heterocycles. The van der Waals surface area contributed by atoms with Crippen molar-refractivity contribution in [2.75, 3.05) is 115 Å². The van der Waals surface area contributed by atoms with Crippen LogP contribution in [-0.2, 0) is 43.6 Å². The van der Waals surface area contributed by atoms with Gasteiger partial charge in [0.25, 0.3) is 0 Å². The minimum absolute atomic E-state index is 0.0591. The maximum Gasteiger partial charge on any atom is 0.183 e. The van der Waals surface area contributed by atoms with Gasteiger partial charge in [-0.3, -0.25) is 19.5 Å². The first-order valence-electron chi connectivity index (χ1n) is 37.1. The summed E-state index contributed by atoms with van der Waals surface area (Å²) < 4.78 is 47.3. The van der Waals surface area contributed by atoms with Crippen molar-refractivity contribution in [1.29, 1.82) is 15.8 Å². The van der Waals surface area contributed by atoms with E-state index >= 15 is 0 Å². The number of benzene rings is 5. The summed E-state index contributed by atoms with van der Waals surface area (Å²) in [4.78, 5) is 24.9. The van der Waals surface area contributed by atoms with E-state index in [-0.39, 0.29) is 18.3 Å². The highest BCUT2D eigenvalue weighted by Crippen LogP contribution is 2.42. The largest absolute Gasteiger partial charge is 0.489 e. The van der Waals surface area contributed by atoms with Gasteiger partial charge < -0.3 is 52.7 Å². The lowest BCUT2D eigenvalue weighted by Gasteiger charge is -2.43. The molecule has 18 rings (SSSR count). The number of nitrogens with zero attached hydrogens (tertiary/aromatic N) is 11. The van der Waals surface area contributed by atoms with Gasteiger partial charge in [-0.2, -0.15) is 20.9 Å². The third-order valence-corrected chi connectivity index (χ3v) is 21.3. The van der Waals surface area contributed by atoms with E-state index in [2.05, 4.69) is 132 Å². The van der Waals surface area contributed by atoms with Gasteiger partial charge in [0.05, 0.1) is 107 Å². The number of aromatic nitrogens is 6. The Bertz CT molecular complexity index is 4990. The van der Waals surface area contributed by atoms with Gasteiger partial charge in [-0.05, 0) is 142 Å². The lowest BCUT2D eigenvalue weighted by atomic mass is 9.98. The minimum Gasteiger partial charge on any atom is -0.489 e. The zero-order valence-electron chi connectivity index (χ0n) is 59.6. The Morgan fingerprint density at radius 3 is 1.51 bits per heavy atom. The topological polar surface area (TPSA) is 227 Å². The molecule has 2 aliphatic carbocycles. The summed E-state index contributed by atoms with van der Waals surface area (Å²) in [5.74, 6) is 1.83. The number of hydrogen-bond donors (Lipinski definition) is 1. The van der Waals surface area contributed by atoms with Gasteiger partial charge in [-0.1, -0.05) is 48.5 Å². The molecule has 8 aliphatic rings. The van der Waals surface area contributed by atoms with E-state index in [1.807, 2.05) is 103 Å². The van der Waals surface area contributed by atoms with Crippen LogP contribution in [0.4, 0.5) is 11.4 Å². The number of aromatic amines is 1. The summed E-state index contributed by atoms with van der Waals surface area (Å²) in [7, 11) is 1.92. The second kappa shape index (κ2) is 32.2. The molecule has 20 heteroatoms. The van der Waals surface area contributed by atoms with Crippen LogP contribution < -0.4 is 24.0 Å². The summed E-state index contributed by atoms with van der Waals surface area (Å²) in [5.41, 5.74) is 22.2. The van der Waals surface area contributed by atoms with Crippen LogP contribution in [0.1, 0.15) is 89.0 Å². The maximum absolute atomic E-state index is 9.88. The number of anilines is 2. The van der Waals surface area contributed by atoms with E-state index in [4.69, 9.17) is 42.9 Å². The van der Waals surface area contributed by atoms with Crippen molar-refractivity contribution < 1.29 is 37.9 Å². The van der Waals surface area contributed by atoms with Gasteiger partial charge in [0, 0.05) is 166 Å². The SMILES string of the molecule is Cn1cc(C2=Cc3c(-c4ccc(OC5CCOCC5)c(C#N)c4)ccnc3C2)cn1.N#Cc1cc(-c2ccnc3c2C=C(c2ccc(N4CCN(C5COC5)CC4)cc2)C3)ccc1OC1CCOCC1.N#Cc1nc(-c2cccc3[nH]c(-c4ccc(N5CCOCC5)cc4)cc23)ccc1OC1CCOCC1. The monoisotopic (exact) mass is 1410 g/mol. The molecule has 6 fully saturated rings. The number of hydrogen-bond acceptors (Lipinski definition) is 18. The normalized spacial score (nSPS) is 17.8. The molecule has 0 atom stereocenters. The highest BCUT2D eigenvalue weighted by Gasteiger charge is 2.30. The van der Waals surface area contributed by atoms with Crippen LogP contribution in [0.3, 0.4) is 0 Å². The fourth-order valence-electron chi connectivity index (χ4n) is 15.2. The molecule has 0 bridgehead atoms. The molecule has 5 aromatic carbocycles. The first-order valence-corrected chi connectivity index (χ1v) is 37.1. The van der Waals surface area contributed by atoms with Crippen molar-refractivity contribution in [3.8, 4) is 80.2 Å². The molecular weight excluding hydrogens is 1330 g/mol. The molecule has 10 aromatic rings. The Balaban J connectivity index is 0.000000123. The third kappa shape index (κ3) is 15.6. The van der Waals surface area contributed by atoms with Crippen LogP contribution in [0.15, 0.2) is 158 Å². The Labute approximate surface area is 617 Å². The molecule has 5 aromatic heterocycles. The molecule has 106 heavy (non-hydrogen) atoms. The Hall–Kier alpha value is -11.0. The van der Waals surface area contributed by atoms with Crippen LogP contribution >= 0.6 is 0 Å². The summed E-state index contributed by atoms with van der Waals surface area (Å²) >= 11 is 0. The molecular formula is C86H84N12O8. The van der Waals surface area contributed by atoms with E-state index in [0.29, 0.717) is 79.8 Å². The second-order valence-electron chi connectivity index (χ2n) is 28.0. The summed E-state index contributed by atoms with van der Waals surface area (Å²) in [6.45, 7) is 13.7. The zero-order chi connectivity index (χ0) is 71.7. The highest BCUT2D eigenvalue weighted by molar-refractivity contribution is 5.98. The predicted molar refractivity (Wildman–Crippen MR) is 408 cm³/mol. The van der Waals surface area contributed by atoms with Crippen molar-refractivity contribution in [2.24, 2.45) is 7.05 Å². The Morgan fingerprint density at radius 1 is 0.481 bits per heavy atom. The van der Waals surface area contributed by atoms with Crippen molar-refractivity contribution in [3.05, 3.63) is 209 Å². The van der Waals surface area contributed by atoms with E-state index in [1.165, 1.54) is 28.1 Å². The summed E-state index contributed by atoms with van der Waals surface area (Å²) in [6, 6.07) is 53.1. The van der Waals surface area contributed by atoms with E-state index in [1.54, 1.807) is 0 Å². The maximum atomic E-state index is 9.88. The number of pyridine rings is 3. The average molecular weight is 1410 g/mol. The van der Waals surface area contributed by atoms with Crippen LogP contribution in [-0.4, -0.2) is 164 Å². The Morgan fingerprint density at radius 2 is 0.991 bits per heavy atom. The fraction of sp³-hybridized carbons (Fsp3) is 0.337. The molecule has 0 saturated carbocycles. The highest BCUT2D eigenvalue weighted by atomic mass is 16.5. The number of piperazine rings is 1. The number of ether oxygens (including phenoxy) is 8. The first kappa shape index (κ1) is 69.4. The van der Waals surface area contributed by atoms with Crippen molar-refractivity contribution >= 4 is 45.6 Å². The zero-order valence-corrected chi connectivity index (χ0v) is 59.6. The molecule has 0 radical (unpaired) electrons. The van der Waals surface area contributed by atoms with Crippen molar-refractivity contribution in [1.82, 2.24) is 34.6 Å². The van der Waals surface area contributed by atoms with Crippen molar-refractivity contribution in [3.63, 3.8) is 0 Å². The van der Waals surface area contributed by atoms with Gasteiger partial charge in [-0.15, -0.1) is 0 Å². The van der Waals surface area contributed by atoms with Crippen LogP contribution in [0.5, 0.6) is 17.2 Å². The summed E-state index contributed by atoms with van der Waals surface area (Å²) in [5, 5.41) is 34.7. The molecule has 0 spiro atoms. The van der Waals surface area contributed by atoms with E-state index in [9.17, 15) is 15.8 Å². The lowest BCUT2D eigenvalue weighted by Crippen LogP contribution is -2.56. The molecule has 1 N–H and O–H groups in total. The van der Waals surface area contributed by atoms with Gasteiger partial charge >= 0.3 is 0 Å². The number of nitriles is 3. The third-order valence-electron chi connectivity index (χ3n) is 21.3. The number of allylic oxidation sites excluding steroid dienone is 2. The number of nitrogens with one attached hydrogen (secondary N) is 1. The standard InChI is InChI=1S/C33H34N4O3.C29H28N4O3.C24H22N4O2/c34-20-26-17-24(3-6-33(26)40-29-8-15-38-16-9-29)30-7-10-35-32-19-25(18-31(30)32)23-1-4-27(5-2-23)36-11-13-37(14-12-36)28-21-39-22-28;30-19-28-29(36-22-10-14-34-15-11-22)9-8-26(32-28)23-2-1-3-25-24(23)18-27(31-25)20-4-6-21(7-5-20)33-12-16-35-17-13-33;1-28-15-19(14-27-28)17-11-22-21(4-7-26-23(22)12-17)16-2-3-24(18(10-16)13-25)30-20-5-8-29-9-6-20/h1-7,10,17-18,28-29H,8-9,11-16,19,21-22H2;1-9,18,22,31H,10-17H2;2-4,7,10-11,14-15,20H,5-6,8-9,12H2,1H3. The van der Waals surface area contributed by atoms with Gasteiger partial charge in [-0.25, -0.2) is 4.98 Å². The number of morpholine rings is 1. The smallest absolute Gasteiger partial charge is 0.183 e. The Kier molecular flexibility index (Phi) is 21.1. The quantitative estimate of drug-likeness (QED) is 0.101. The second-order valence-corrected chi connectivity index (χ2v) is 28.0. The molecule has 0 amide bonds. The average Bonchev–Trinajstić information content (AvgIpc) is 1.61. The first-order chi connectivity index (χ1) is 52.2. The number of fused-ring (bicyclic) bond motifs is 3. The molecule has 6 aliphatic heterocycles. The van der Waals surface area contributed by atoms with Gasteiger partial charge in [0.15, 0.2) is 11.4 Å². The number of H-pyrrole nitrogens is 1. The predicted octanol–water partition coefficient (Wildman–Crippen LogP) is 14.0. The lowest BCUT2D eigenvalue weighted by molar-refractivity contribution is -0.0660. The summed E-state index contributed by atoms with van der Waals surface area (Å²) in [6.07, 6.45) is 19.0. The number of aryl methyl sites for hydroxylation is 1. The van der Waals surface area contributed by atoms with Gasteiger partial charge in [0.2, 0.25) is 0 Å². The number of rotatable bonds is 15. The van der Waals surface area contributed by atoms with Crippen LogP contribution in [0.25, 0.3) is 79.0 Å². The van der Waals surface area contributed by atoms with Gasteiger partial charge in [0.1, 0.15) is 48.0 Å². The molecule has 11 heterocycles. The van der Waals surface area contributed by atoms with E-state index in [0.717, 1.165) is 201 Å². The van der Waals surface area contributed by atoms with Crippen LogP contribution in [0.2, 0.25) is 0 Å². The van der Waals surface area contributed by atoms with Crippen LogP contribution in [0, 0.1) is 34.0 Å². The van der Waals surface area contributed by atoms with Crippen molar-refractivity contribution in [2.45, 2.75) is 75.7 Å². The fourth-order valence-corrected chi connectivity index (χ4v) is 15.2. The molecule has 0 unspecified atom stereocenters.